The van der Waals surface area contributed by atoms with Crippen molar-refractivity contribution in [2.45, 2.75) is 13.0 Å². The third-order valence-corrected chi connectivity index (χ3v) is 4.09. The summed E-state index contributed by atoms with van der Waals surface area (Å²) in [6.07, 6.45) is 3.17. The van der Waals surface area contributed by atoms with Crippen molar-refractivity contribution in [3.05, 3.63) is 90.6 Å². The third-order valence-electron chi connectivity index (χ3n) is 4.09. The standard InChI is InChI=1S/C21H17N3O3/c1-15(20-22-19(23-27-20)16-8-3-2-4-9-16)26-21(25)17-10-7-11-18(14-17)24-12-5-6-13-24/h2-15H,1H3/t15-/m1/s1. The quantitative estimate of drug-likeness (QED) is 0.493. The van der Waals surface area contributed by atoms with Gasteiger partial charge in [0, 0.05) is 23.6 Å². The van der Waals surface area contributed by atoms with Crippen molar-refractivity contribution in [3.63, 3.8) is 0 Å². The molecule has 0 aliphatic rings. The van der Waals surface area contributed by atoms with Crippen LogP contribution in [0.5, 0.6) is 0 Å². The lowest BCUT2D eigenvalue weighted by Crippen LogP contribution is -2.10. The van der Waals surface area contributed by atoms with Gasteiger partial charge in [-0.1, -0.05) is 41.6 Å². The van der Waals surface area contributed by atoms with E-state index in [2.05, 4.69) is 10.1 Å². The molecule has 0 aliphatic carbocycles. The minimum Gasteiger partial charge on any atom is -0.449 e. The van der Waals surface area contributed by atoms with Crippen molar-refractivity contribution in [3.8, 4) is 17.1 Å². The molecule has 27 heavy (non-hydrogen) atoms. The van der Waals surface area contributed by atoms with E-state index in [0.717, 1.165) is 11.3 Å². The van der Waals surface area contributed by atoms with E-state index in [9.17, 15) is 4.79 Å². The first-order chi connectivity index (χ1) is 13.2. The number of benzene rings is 2. The molecule has 0 saturated heterocycles. The number of ether oxygens (including phenoxy) is 1. The first kappa shape index (κ1) is 16.8. The van der Waals surface area contributed by atoms with Crippen LogP contribution in [-0.4, -0.2) is 20.7 Å². The zero-order chi connectivity index (χ0) is 18.6. The number of esters is 1. The first-order valence-electron chi connectivity index (χ1n) is 8.54. The molecule has 0 bridgehead atoms. The Morgan fingerprint density at radius 1 is 1.04 bits per heavy atom. The Morgan fingerprint density at radius 2 is 1.81 bits per heavy atom. The molecule has 134 valence electrons. The average molecular weight is 359 g/mol. The largest absolute Gasteiger partial charge is 0.449 e. The lowest BCUT2D eigenvalue weighted by molar-refractivity contribution is 0.0265. The summed E-state index contributed by atoms with van der Waals surface area (Å²) in [5, 5.41) is 3.95. The third kappa shape index (κ3) is 3.64. The second-order valence-electron chi connectivity index (χ2n) is 6.01. The molecule has 0 saturated carbocycles. The smallest absolute Gasteiger partial charge is 0.338 e. The molecule has 0 aliphatic heterocycles. The summed E-state index contributed by atoms with van der Waals surface area (Å²) in [5.41, 5.74) is 2.17. The Hall–Kier alpha value is -3.67. The summed E-state index contributed by atoms with van der Waals surface area (Å²) < 4.78 is 12.7. The van der Waals surface area contributed by atoms with Gasteiger partial charge in [-0.05, 0) is 37.3 Å². The van der Waals surface area contributed by atoms with Gasteiger partial charge in [-0.2, -0.15) is 4.98 Å². The van der Waals surface area contributed by atoms with Crippen molar-refractivity contribution in [2.75, 3.05) is 0 Å². The van der Waals surface area contributed by atoms with E-state index >= 15 is 0 Å². The maximum atomic E-state index is 12.5. The molecule has 0 radical (unpaired) electrons. The van der Waals surface area contributed by atoms with Crippen LogP contribution in [0.2, 0.25) is 0 Å². The van der Waals surface area contributed by atoms with E-state index in [1.54, 1.807) is 19.1 Å². The average Bonchev–Trinajstić information content (AvgIpc) is 3.41. The monoisotopic (exact) mass is 359 g/mol. The van der Waals surface area contributed by atoms with Gasteiger partial charge in [0.15, 0.2) is 6.10 Å². The van der Waals surface area contributed by atoms with Crippen molar-refractivity contribution < 1.29 is 14.1 Å². The van der Waals surface area contributed by atoms with Crippen LogP contribution in [0, 0.1) is 0 Å². The van der Waals surface area contributed by atoms with Crippen LogP contribution in [-0.2, 0) is 4.74 Å². The van der Waals surface area contributed by atoms with Crippen LogP contribution in [0.25, 0.3) is 17.1 Å². The summed E-state index contributed by atoms with van der Waals surface area (Å²) >= 11 is 0. The maximum Gasteiger partial charge on any atom is 0.338 e. The Kier molecular flexibility index (Phi) is 4.53. The van der Waals surface area contributed by atoms with Crippen molar-refractivity contribution in [1.29, 1.82) is 0 Å². The fourth-order valence-corrected chi connectivity index (χ4v) is 2.68. The van der Waals surface area contributed by atoms with Crippen LogP contribution < -0.4 is 0 Å². The normalized spacial score (nSPS) is 11.9. The van der Waals surface area contributed by atoms with Crippen molar-refractivity contribution in [2.24, 2.45) is 0 Å². The van der Waals surface area contributed by atoms with E-state index in [-0.39, 0.29) is 5.89 Å². The lowest BCUT2D eigenvalue weighted by atomic mass is 10.2. The van der Waals surface area contributed by atoms with Crippen molar-refractivity contribution in [1.82, 2.24) is 14.7 Å². The Bertz CT molecular complexity index is 1040. The molecule has 0 N–H and O–H groups in total. The molecule has 4 rings (SSSR count). The SMILES string of the molecule is C[C@@H](OC(=O)c1cccc(-n2cccc2)c1)c1nc(-c2ccccc2)no1. The van der Waals surface area contributed by atoms with Crippen LogP contribution in [0.4, 0.5) is 0 Å². The molecule has 2 heterocycles. The Labute approximate surface area is 156 Å². The highest BCUT2D eigenvalue weighted by atomic mass is 16.6. The molecule has 4 aromatic rings. The second kappa shape index (κ2) is 7.29. The number of aromatic nitrogens is 3. The first-order valence-corrected chi connectivity index (χ1v) is 8.54. The summed E-state index contributed by atoms with van der Waals surface area (Å²) in [4.78, 5) is 16.8. The molecule has 6 heteroatoms. The molecule has 2 aromatic carbocycles. The summed E-state index contributed by atoms with van der Waals surface area (Å²) in [5.74, 6) is 0.267. The van der Waals surface area contributed by atoms with Gasteiger partial charge >= 0.3 is 5.97 Å². The number of hydrogen-bond donors (Lipinski definition) is 0. The van der Waals surface area contributed by atoms with Crippen LogP contribution in [0.15, 0.2) is 83.6 Å². The number of carbonyl (C=O) groups excluding carboxylic acids is 1. The lowest BCUT2D eigenvalue weighted by Gasteiger charge is -2.10. The summed E-state index contributed by atoms with van der Waals surface area (Å²) in [6.45, 7) is 1.70. The molecule has 0 fully saturated rings. The van der Waals surface area contributed by atoms with Gasteiger partial charge in [0.25, 0.3) is 5.89 Å². The van der Waals surface area contributed by atoms with E-state index in [1.807, 2.05) is 71.6 Å². The van der Waals surface area contributed by atoms with Crippen LogP contribution in [0.3, 0.4) is 0 Å². The number of hydrogen-bond acceptors (Lipinski definition) is 5. The molecule has 0 amide bonds. The van der Waals surface area contributed by atoms with Gasteiger partial charge < -0.3 is 13.8 Å². The second-order valence-corrected chi connectivity index (χ2v) is 6.01. The maximum absolute atomic E-state index is 12.5. The minimum absolute atomic E-state index is 0.253. The molecular weight excluding hydrogens is 342 g/mol. The molecule has 0 unspecified atom stereocenters. The summed E-state index contributed by atoms with van der Waals surface area (Å²) in [6, 6.07) is 20.6. The topological polar surface area (TPSA) is 70.2 Å². The fraction of sp³-hybridized carbons (Fsp3) is 0.0952. The molecule has 6 nitrogen and oxygen atoms in total. The van der Waals surface area contributed by atoms with Gasteiger partial charge in [-0.25, -0.2) is 4.79 Å². The number of nitrogens with zero attached hydrogens (tertiary/aromatic N) is 3. The van der Waals surface area contributed by atoms with Gasteiger partial charge in [-0.3, -0.25) is 0 Å². The minimum atomic E-state index is -0.655. The Morgan fingerprint density at radius 3 is 2.59 bits per heavy atom. The van der Waals surface area contributed by atoms with Crippen LogP contribution in [0.1, 0.15) is 29.3 Å². The number of rotatable bonds is 5. The highest BCUT2D eigenvalue weighted by Gasteiger charge is 2.20. The zero-order valence-corrected chi connectivity index (χ0v) is 14.6. The summed E-state index contributed by atoms with van der Waals surface area (Å²) in [7, 11) is 0. The van der Waals surface area contributed by atoms with E-state index in [4.69, 9.17) is 9.26 Å². The highest BCUT2D eigenvalue weighted by Crippen LogP contribution is 2.22. The predicted molar refractivity (Wildman–Crippen MR) is 99.3 cm³/mol. The van der Waals surface area contributed by atoms with E-state index in [0.29, 0.717) is 11.4 Å². The van der Waals surface area contributed by atoms with Gasteiger partial charge in [0.2, 0.25) is 5.82 Å². The van der Waals surface area contributed by atoms with Gasteiger partial charge in [0.05, 0.1) is 5.56 Å². The van der Waals surface area contributed by atoms with E-state index in [1.165, 1.54) is 0 Å². The van der Waals surface area contributed by atoms with Crippen LogP contribution >= 0.6 is 0 Å². The van der Waals surface area contributed by atoms with E-state index < -0.39 is 12.1 Å². The fourth-order valence-electron chi connectivity index (χ4n) is 2.68. The van der Waals surface area contributed by atoms with Crippen molar-refractivity contribution >= 4 is 5.97 Å². The number of carbonyl (C=O) groups is 1. The highest BCUT2D eigenvalue weighted by molar-refractivity contribution is 5.90. The zero-order valence-electron chi connectivity index (χ0n) is 14.6. The van der Waals surface area contributed by atoms with Gasteiger partial charge in [0.1, 0.15) is 0 Å². The molecule has 2 aromatic heterocycles. The molecular formula is C21H17N3O3. The molecule has 1 atom stereocenters. The Balaban J connectivity index is 1.49. The predicted octanol–water partition coefficient (Wildman–Crippen LogP) is 4.45. The molecule has 0 spiro atoms. The van der Waals surface area contributed by atoms with Gasteiger partial charge in [-0.15, -0.1) is 0 Å².